The van der Waals surface area contributed by atoms with Crippen LogP contribution in [0, 0.1) is 5.92 Å². The van der Waals surface area contributed by atoms with E-state index in [4.69, 9.17) is 4.74 Å². The fourth-order valence-electron chi connectivity index (χ4n) is 3.68. The van der Waals surface area contributed by atoms with Crippen molar-refractivity contribution in [3.8, 4) is 5.75 Å². The second kappa shape index (κ2) is 7.94. The second-order valence-corrected chi connectivity index (χ2v) is 9.30. The van der Waals surface area contributed by atoms with Crippen LogP contribution in [0.15, 0.2) is 30.3 Å². The molecule has 2 bridgehead atoms. The SMILES string of the molecule is CN(C)S(=O)(=O)N1C[C@H]2CC[C@@H](C1)N(C(=O)CCOc1ccccc1)C2. The monoisotopic (exact) mass is 381 g/mol. The largest absolute Gasteiger partial charge is 0.493 e. The van der Waals surface area contributed by atoms with Gasteiger partial charge in [0.05, 0.1) is 13.0 Å². The van der Waals surface area contributed by atoms with Gasteiger partial charge in [0.1, 0.15) is 5.75 Å². The highest BCUT2D eigenvalue weighted by Gasteiger charge is 2.41. The first-order valence-electron chi connectivity index (χ1n) is 9.03. The molecule has 1 aromatic carbocycles. The highest BCUT2D eigenvalue weighted by Crippen LogP contribution is 2.30. The van der Waals surface area contributed by atoms with Crippen molar-refractivity contribution < 1.29 is 17.9 Å². The molecule has 3 fully saturated rings. The van der Waals surface area contributed by atoms with E-state index < -0.39 is 10.2 Å². The molecule has 0 N–H and O–H groups in total. The number of hydrogen-bond donors (Lipinski definition) is 0. The van der Waals surface area contributed by atoms with Crippen molar-refractivity contribution in [2.45, 2.75) is 25.3 Å². The molecule has 3 aliphatic heterocycles. The zero-order chi connectivity index (χ0) is 18.7. The number of fused-ring (bicyclic) bond motifs is 4. The summed E-state index contributed by atoms with van der Waals surface area (Å²) in [5, 5.41) is 0. The van der Waals surface area contributed by atoms with Crippen LogP contribution >= 0.6 is 0 Å². The molecule has 0 saturated carbocycles. The number of para-hydroxylation sites is 1. The molecule has 8 heteroatoms. The number of carbonyl (C=O) groups is 1. The Morgan fingerprint density at radius 2 is 1.88 bits per heavy atom. The molecule has 0 unspecified atom stereocenters. The molecule has 144 valence electrons. The molecule has 3 aliphatic rings. The molecule has 0 aliphatic carbocycles. The summed E-state index contributed by atoms with van der Waals surface area (Å²) in [7, 11) is -0.352. The maximum atomic E-state index is 12.7. The molecular formula is C18H27N3O4S. The minimum atomic E-state index is -3.45. The van der Waals surface area contributed by atoms with Crippen LogP contribution in [0.25, 0.3) is 0 Å². The fourth-order valence-corrected chi connectivity index (χ4v) is 4.90. The van der Waals surface area contributed by atoms with E-state index in [0.29, 0.717) is 32.7 Å². The van der Waals surface area contributed by atoms with Crippen molar-refractivity contribution in [2.24, 2.45) is 5.92 Å². The van der Waals surface area contributed by atoms with Gasteiger partial charge in [0, 0.05) is 39.8 Å². The summed E-state index contributed by atoms with van der Waals surface area (Å²) < 4.78 is 33.4. The standard InChI is InChI=1S/C18H27N3O4S/c1-19(2)26(23,24)20-12-15-8-9-16(14-20)21(13-15)18(22)10-11-25-17-6-4-3-5-7-17/h3-7,15-16H,8-14H2,1-2H3/t15-,16+/m1/s1. The van der Waals surface area contributed by atoms with Crippen molar-refractivity contribution in [1.29, 1.82) is 0 Å². The third kappa shape index (κ3) is 4.19. The summed E-state index contributed by atoms with van der Waals surface area (Å²) in [5.74, 6) is 0.989. The molecule has 7 nitrogen and oxygen atoms in total. The van der Waals surface area contributed by atoms with Gasteiger partial charge in [-0.15, -0.1) is 0 Å². The normalized spacial score (nSPS) is 23.9. The number of nitrogens with zero attached hydrogens (tertiary/aromatic N) is 3. The molecule has 1 amide bonds. The highest BCUT2D eigenvalue weighted by molar-refractivity contribution is 7.86. The van der Waals surface area contributed by atoms with Crippen molar-refractivity contribution in [1.82, 2.24) is 13.5 Å². The first-order valence-corrected chi connectivity index (χ1v) is 10.4. The van der Waals surface area contributed by atoms with Gasteiger partial charge >= 0.3 is 0 Å². The minimum Gasteiger partial charge on any atom is -0.493 e. The van der Waals surface area contributed by atoms with E-state index in [1.54, 1.807) is 14.1 Å². The Kier molecular flexibility index (Phi) is 5.84. The van der Waals surface area contributed by atoms with Gasteiger partial charge in [0.15, 0.2) is 0 Å². The number of benzene rings is 1. The Morgan fingerprint density at radius 3 is 2.58 bits per heavy atom. The van der Waals surface area contributed by atoms with Crippen LogP contribution < -0.4 is 4.74 Å². The zero-order valence-corrected chi connectivity index (χ0v) is 16.2. The topological polar surface area (TPSA) is 70.2 Å². The molecule has 26 heavy (non-hydrogen) atoms. The van der Waals surface area contributed by atoms with Crippen LogP contribution in [0.1, 0.15) is 19.3 Å². The number of carbonyl (C=O) groups excluding carboxylic acids is 1. The van der Waals surface area contributed by atoms with Gasteiger partial charge in [-0.2, -0.15) is 17.0 Å². The Hall–Kier alpha value is -1.64. The number of ether oxygens (including phenoxy) is 1. The Bertz CT molecular complexity index is 723. The van der Waals surface area contributed by atoms with E-state index >= 15 is 0 Å². The molecule has 2 atom stereocenters. The zero-order valence-electron chi connectivity index (χ0n) is 15.4. The maximum Gasteiger partial charge on any atom is 0.281 e. The van der Waals surface area contributed by atoms with Crippen LogP contribution in [0.2, 0.25) is 0 Å². The summed E-state index contributed by atoms with van der Waals surface area (Å²) in [6.45, 7) is 1.83. The van der Waals surface area contributed by atoms with Crippen molar-refractivity contribution in [3.63, 3.8) is 0 Å². The average Bonchev–Trinajstić information content (AvgIpc) is 2.95. The van der Waals surface area contributed by atoms with Crippen LogP contribution in [0.3, 0.4) is 0 Å². The molecule has 3 heterocycles. The van der Waals surface area contributed by atoms with Crippen molar-refractivity contribution in [2.75, 3.05) is 40.3 Å². The third-order valence-electron chi connectivity index (χ3n) is 5.12. The molecule has 1 aromatic rings. The average molecular weight is 381 g/mol. The summed E-state index contributed by atoms with van der Waals surface area (Å²) in [4.78, 5) is 14.6. The maximum absolute atomic E-state index is 12.7. The Morgan fingerprint density at radius 1 is 1.15 bits per heavy atom. The summed E-state index contributed by atoms with van der Waals surface area (Å²) in [6, 6.07) is 9.38. The minimum absolute atomic E-state index is 0.0414. The van der Waals surface area contributed by atoms with E-state index in [0.717, 1.165) is 18.6 Å². The van der Waals surface area contributed by atoms with E-state index in [9.17, 15) is 13.2 Å². The van der Waals surface area contributed by atoms with Crippen LogP contribution in [-0.2, 0) is 15.0 Å². The van der Waals surface area contributed by atoms with Gasteiger partial charge in [0.2, 0.25) is 5.91 Å². The summed E-state index contributed by atoms with van der Waals surface area (Å²) >= 11 is 0. The van der Waals surface area contributed by atoms with Gasteiger partial charge in [-0.05, 0) is 30.9 Å². The number of hydrogen-bond acceptors (Lipinski definition) is 4. The summed E-state index contributed by atoms with van der Waals surface area (Å²) in [6.07, 6.45) is 2.13. The number of piperidine rings is 1. The highest BCUT2D eigenvalue weighted by atomic mass is 32.2. The van der Waals surface area contributed by atoms with Gasteiger partial charge in [0.25, 0.3) is 10.2 Å². The van der Waals surface area contributed by atoms with E-state index in [2.05, 4.69) is 0 Å². The quantitative estimate of drug-likeness (QED) is 0.742. The van der Waals surface area contributed by atoms with Crippen molar-refractivity contribution in [3.05, 3.63) is 30.3 Å². The van der Waals surface area contributed by atoms with Gasteiger partial charge in [-0.1, -0.05) is 18.2 Å². The fraction of sp³-hybridized carbons (Fsp3) is 0.611. The number of amides is 1. The van der Waals surface area contributed by atoms with E-state index in [1.165, 1.54) is 8.61 Å². The van der Waals surface area contributed by atoms with Gasteiger partial charge in [-0.25, -0.2) is 0 Å². The lowest BCUT2D eigenvalue weighted by Crippen LogP contribution is -2.48. The molecule has 0 radical (unpaired) electrons. The molecule has 4 rings (SSSR count). The van der Waals surface area contributed by atoms with E-state index in [-0.39, 0.29) is 17.9 Å². The molecular weight excluding hydrogens is 354 g/mol. The lowest BCUT2D eigenvalue weighted by Gasteiger charge is -2.36. The lowest BCUT2D eigenvalue weighted by molar-refractivity contribution is -0.135. The Balaban J connectivity index is 1.60. The molecule has 0 spiro atoms. The van der Waals surface area contributed by atoms with Gasteiger partial charge < -0.3 is 9.64 Å². The van der Waals surface area contributed by atoms with Crippen molar-refractivity contribution >= 4 is 16.1 Å². The molecule has 3 saturated heterocycles. The third-order valence-corrected chi connectivity index (χ3v) is 6.99. The Labute approximate surface area is 155 Å². The van der Waals surface area contributed by atoms with Crippen LogP contribution in [0.4, 0.5) is 0 Å². The molecule has 0 aromatic heterocycles. The second-order valence-electron chi connectivity index (χ2n) is 7.16. The first kappa shape index (κ1) is 19.1. The predicted molar refractivity (Wildman–Crippen MR) is 99.0 cm³/mol. The first-order chi connectivity index (χ1) is 12.4. The number of rotatable bonds is 6. The lowest BCUT2D eigenvalue weighted by atomic mass is 9.95. The predicted octanol–water partition coefficient (Wildman–Crippen LogP) is 1.18. The summed E-state index contributed by atoms with van der Waals surface area (Å²) in [5.41, 5.74) is 0. The van der Waals surface area contributed by atoms with Crippen LogP contribution in [0.5, 0.6) is 5.75 Å². The van der Waals surface area contributed by atoms with E-state index in [1.807, 2.05) is 35.2 Å². The van der Waals surface area contributed by atoms with Gasteiger partial charge in [-0.3, -0.25) is 4.79 Å². The van der Waals surface area contributed by atoms with Crippen LogP contribution in [-0.4, -0.2) is 74.2 Å². The smallest absolute Gasteiger partial charge is 0.281 e.